The minimum absolute atomic E-state index is 0.162. The normalized spacial score (nSPS) is 12.8. The summed E-state index contributed by atoms with van der Waals surface area (Å²) >= 11 is 3.42. The zero-order valence-electron chi connectivity index (χ0n) is 15.6. The smallest absolute Gasteiger partial charge is 0.261 e. The van der Waals surface area contributed by atoms with Crippen LogP contribution in [0.5, 0.6) is 11.5 Å². The second-order valence-corrected chi connectivity index (χ2v) is 8.96. The van der Waals surface area contributed by atoms with Gasteiger partial charge in [-0.25, -0.2) is 8.42 Å². The van der Waals surface area contributed by atoms with Gasteiger partial charge in [0.15, 0.2) is 11.5 Å². The highest BCUT2D eigenvalue weighted by Gasteiger charge is 2.17. The third kappa shape index (κ3) is 4.42. The van der Waals surface area contributed by atoms with Crippen LogP contribution in [-0.4, -0.2) is 27.5 Å². The second kappa shape index (κ2) is 8.37. The van der Waals surface area contributed by atoms with Crippen molar-refractivity contribution in [1.29, 1.82) is 0 Å². The first-order valence-corrected chi connectivity index (χ1v) is 11.3. The second-order valence-electron chi connectivity index (χ2n) is 6.43. The Bertz CT molecular complexity index is 1180. The lowest BCUT2D eigenvalue weighted by Gasteiger charge is -2.20. The lowest BCUT2D eigenvalue weighted by Crippen LogP contribution is -2.17. The molecule has 30 heavy (non-hydrogen) atoms. The van der Waals surface area contributed by atoms with Crippen LogP contribution < -0.4 is 19.5 Å². The molecule has 3 aromatic rings. The Hall–Kier alpha value is -3.04. The predicted octanol–water partition coefficient (Wildman–Crippen LogP) is 4.27. The number of benzene rings is 3. The Balaban J connectivity index is 1.47. The van der Waals surface area contributed by atoms with Crippen LogP contribution in [-0.2, 0) is 10.0 Å². The molecule has 154 valence electrons. The van der Waals surface area contributed by atoms with E-state index < -0.39 is 10.0 Å². The number of fused-ring (bicyclic) bond motifs is 1. The fraction of sp³-hybridized carbons (Fsp3) is 0.0952. The number of ether oxygens (including phenoxy) is 2. The fourth-order valence-corrected chi connectivity index (χ4v) is 4.36. The summed E-state index contributed by atoms with van der Waals surface area (Å²) in [5, 5.41) is 2.81. The molecule has 1 aliphatic rings. The molecule has 1 aliphatic heterocycles. The Morgan fingerprint density at radius 1 is 0.900 bits per heavy atom. The van der Waals surface area contributed by atoms with Crippen molar-refractivity contribution in [3.63, 3.8) is 0 Å². The molecule has 0 radical (unpaired) electrons. The van der Waals surface area contributed by atoms with Crippen molar-refractivity contribution in [2.45, 2.75) is 4.90 Å². The monoisotopic (exact) mass is 488 g/mol. The molecule has 0 saturated carbocycles. The van der Waals surface area contributed by atoms with Crippen molar-refractivity contribution in [3.8, 4) is 11.5 Å². The molecule has 0 aromatic heterocycles. The number of rotatable bonds is 5. The largest absolute Gasteiger partial charge is 0.486 e. The van der Waals surface area contributed by atoms with Gasteiger partial charge in [0.05, 0.1) is 10.6 Å². The molecule has 1 heterocycles. The Morgan fingerprint density at radius 3 is 2.20 bits per heavy atom. The van der Waals surface area contributed by atoms with E-state index in [-0.39, 0.29) is 10.8 Å². The van der Waals surface area contributed by atoms with Crippen molar-refractivity contribution < 1.29 is 22.7 Å². The first-order valence-electron chi connectivity index (χ1n) is 9.01. The molecule has 7 nitrogen and oxygen atoms in total. The van der Waals surface area contributed by atoms with Gasteiger partial charge < -0.3 is 14.8 Å². The summed E-state index contributed by atoms with van der Waals surface area (Å²) in [5.41, 5.74) is 1.27. The minimum Gasteiger partial charge on any atom is -0.486 e. The molecular weight excluding hydrogens is 472 g/mol. The number of hydrogen-bond donors (Lipinski definition) is 2. The van der Waals surface area contributed by atoms with Crippen molar-refractivity contribution in [1.82, 2.24) is 0 Å². The molecule has 0 unspecified atom stereocenters. The molecule has 0 saturated heterocycles. The molecule has 9 heteroatoms. The van der Waals surface area contributed by atoms with Gasteiger partial charge in [-0.05, 0) is 52.3 Å². The third-order valence-electron chi connectivity index (χ3n) is 4.33. The van der Waals surface area contributed by atoms with E-state index in [0.717, 1.165) is 0 Å². The third-order valence-corrected chi connectivity index (χ3v) is 6.39. The Morgan fingerprint density at radius 2 is 1.53 bits per heavy atom. The highest BCUT2D eigenvalue weighted by atomic mass is 79.9. The van der Waals surface area contributed by atoms with Gasteiger partial charge in [-0.2, -0.15) is 0 Å². The first kappa shape index (κ1) is 20.2. The summed E-state index contributed by atoms with van der Waals surface area (Å²) in [6.45, 7) is 0.924. The number of carbonyl (C=O) groups excluding carboxylic acids is 1. The molecule has 0 bridgehead atoms. The molecule has 0 spiro atoms. The quantitative estimate of drug-likeness (QED) is 0.559. The van der Waals surface area contributed by atoms with Gasteiger partial charge in [0.1, 0.15) is 13.2 Å². The van der Waals surface area contributed by atoms with Gasteiger partial charge in [0.25, 0.3) is 15.9 Å². The van der Waals surface area contributed by atoms with Crippen LogP contribution in [0.1, 0.15) is 10.4 Å². The Labute approximate surface area is 182 Å². The number of carbonyl (C=O) groups is 1. The maximum Gasteiger partial charge on any atom is 0.261 e. The standard InChI is InChI=1S/C21H17BrN2O5S/c22-17-12-19-20(29-11-10-28-19)13-18(17)23-21(25)14-6-8-15(9-7-14)24-30(26,27)16-4-2-1-3-5-16/h1-9,12-13,24H,10-11H2,(H,23,25). The lowest BCUT2D eigenvalue weighted by atomic mass is 10.2. The van der Waals surface area contributed by atoms with Crippen molar-refractivity contribution in [3.05, 3.63) is 76.8 Å². The molecule has 2 N–H and O–H groups in total. The van der Waals surface area contributed by atoms with Gasteiger partial charge in [-0.15, -0.1) is 0 Å². The molecule has 0 atom stereocenters. The molecular formula is C21H17BrN2O5S. The van der Waals surface area contributed by atoms with E-state index in [4.69, 9.17) is 9.47 Å². The minimum atomic E-state index is -3.69. The van der Waals surface area contributed by atoms with Gasteiger partial charge in [0, 0.05) is 27.9 Å². The number of anilines is 2. The van der Waals surface area contributed by atoms with Gasteiger partial charge in [-0.1, -0.05) is 18.2 Å². The fourth-order valence-electron chi connectivity index (χ4n) is 2.86. The first-order chi connectivity index (χ1) is 14.4. The van der Waals surface area contributed by atoms with Crippen molar-refractivity contribution in [2.75, 3.05) is 23.3 Å². The zero-order valence-corrected chi connectivity index (χ0v) is 18.0. The summed E-state index contributed by atoms with van der Waals surface area (Å²) < 4.78 is 39.0. The topological polar surface area (TPSA) is 93.7 Å². The van der Waals surface area contributed by atoms with Crippen LogP contribution in [0.4, 0.5) is 11.4 Å². The van der Waals surface area contributed by atoms with Gasteiger partial charge in [-0.3, -0.25) is 9.52 Å². The summed E-state index contributed by atoms with van der Waals surface area (Å²) in [6.07, 6.45) is 0. The lowest BCUT2D eigenvalue weighted by molar-refractivity contribution is 0.102. The Kier molecular flexibility index (Phi) is 5.65. The molecule has 0 fully saturated rings. The SMILES string of the molecule is O=C(Nc1cc2c(cc1Br)OCCO2)c1ccc(NS(=O)(=O)c2ccccc2)cc1. The maximum absolute atomic E-state index is 12.6. The van der Waals surface area contributed by atoms with Crippen LogP contribution in [0.3, 0.4) is 0 Å². The highest BCUT2D eigenvalue weighted by Crippen LogP contribution is 2.38. The average molecular weight is 489 g/mol. The summed E-state index contributed by atoms with van der Waals surface area (Å²) in [4.78, 5) is 12.8. The summed E-state index contributed by atoms with van der Waals surface area (Å²) in [7, 11) is -3.69. The van der Waals surface area contributed by atoms with Crippen LogP contribution in [0.15, 0.2) is 76.1 Å². The number of halogens is 1. The van der Waals surface area contributed by atoms with E-state index in [9.17, 15) is 13.2 Å². The van der Waals surface area contributed by atoms with Crippen LogP contribution in [0.25, 0.3) is 0 Å². The zero-order chi connectivity index (χ0) is 21.1. The van der Waals surface area contributed by atoms with E-state index in [1.54, 1.807) is 42.5 Å². The van der Waals surface area contributed by atoms with E-state index in [0.29, 0.717) is 46.1 Å². The summed E-state index contributed by atoms with van der Waals surface area (Å²) in [6, 6.07) is 17.7. The molecule has 4 rings (SSSR count). The number of amides is 1. The van der Waals surface area contributed by atoms with Gasteiger partial charge >= 0.3 is 0 Å². The van der Waals surface area contributed by atoms with Gasteiger partial charge in [0.2, 0.25) is 0 Å². The van der Waals surface area contributed by atoms with E-state index in [1.165, 1.54) is 24.3 Å². The van der Waals surface area contributed by atoms with Crippen LogP contribution >= 0.6 is 15.9 Å². The van der Waals surface area contributed by atoms with Crippen molar-refractivity contribution >= 4 is 43.2 Å². The predicted molar refractivity (Wildman–Crippen MR) is 117 cm³/mol. The van der Waals surface area contributed by atoms with E-state index in [2.05, 4.69) is 26.0 Å². The molecule has 0 aliphatic carbocycles. The summed E-state index contributed by atoms with van der Waals surface area (Å²) in [5.74, 6) is 0.830. The maximum atomic E-state index is 12.6. The van der Waals surface area contributed by atoms with Crippen LogP contribution in [0, 0.1) is 0 Å². The number of hydrogen-bond acceptors (Lipinski definition) is 5. The van der Waals surface area contributed by atoms with E-state index in [1.807, 2.05) is 0 Å². The van der Waals surface area contributed by atoms with Crippen molar-refractivity contribution in [2.24, 2.45) is 0 Å². The molecule has 3 aromatic carbocycles. The highest BCUT2D eigenvalue weighted by molar-refractivity contribution is 9.10. The number of nitrogens with one attached hydrogen (secondary N) is 2. The molecule has 1 amide bonds. The van der Waals surface area contributed by atoms with E-state index >= 15 is 0 Å². The van der Waals surface area contributed by atoms with Crippen LogP contribution in [0.2, 0.25) is 0 Å². The average Bonchev–Trinajstić information content (AvgIpc) is 2.75. The number of sulfonamides is 1.